The van der Waals surface area contributed by atoms with Gasteiger partial charge in [-0.25, -0.2) is 4.39 Å². The second kappa shape index (κ2) is 5.65. The van der Waals surface area contributed by atoms with E-state index in [9.17, 15) is 4.39 Å². The van der Waals surface area contributed by atoms with Gasteiger partial charge in [-0.2, -0.15) is 0 Å². The second-order valence-electron chi connectivity index (χ2n) is 4.11. The summed E-state index contributed by atoms with van der Waals surface area (Å²) in [6.07, 6.45) is 0.837. The van der Waals surface area contributed by atoms with E-state index < -0.39 is 0 Å². The normalized spacial score (nSPS) is 12.2. The van der Waals surface area contributed by atoms with E-state index in [4.69, 9.17) is 10.5 Å². The molecule has 0 bridgehead atoms. The van der Waals surface area contributed by atoms with Gasteiger partial charge < -0.3 is 10.5 Å². The number of ether oxygens (including phenoxy) is 1. The van der Waals surface area contributed by atoms with Gasteiger partial charge in [-0.15, -0.1) is 0 Å². The largest absolute Gasteiger partial charge is 0.457 e. The Kier molecular flexibility index (Phi) is 3.95. The fourth-order valence-electron chi connectivity index (χ4n) is 1.73. The number of rotatable bonds is 4. The summed E-state index contributed by atoms with van der Waals surface area (Å²) in [5.41, 5.74) is 7.00. The van der Waals surface area contributed by atoms with E-state index in [2.05, 4.69) is 0 Å². The predicted molar refractivity (Wildman–Crippen MR) is 70.1 cm³/mol. The summed E-state index contributed by atoms with van der Waals surface area (Å²) in [5.74, 6) is 1.05. The van der Waals surface area contributed by atoms with Crippen LogP contribution in [0.15, 0.2) is 48.5 Å². The Balaban J connectivity index is 2.26. The van der Waals surface area contributed by atoms with Crippen LogP contribution < -0.4 is 10.5 Å². The third-order valence-electron chi connectivity index (χ3n) is 2.80. The molecule has 1 atom stereocenters. The Labute approximate surface area is 106 Å². The molecule has 0 aliphatic heterocycles. The molecule has 94 valence electrons. The molecule has 0 amide bonds. The fourth-order valence-corrected chi connectivity index (χ4v) is 1.73. The van der Waals surface area contributed by atoms with Gasteiger partial charge in [-0.3, -0.25) is 0 Å². The third-order valence-corrected chi connectivity index (χ3v) is 2.80. The van der Waals surface area contributed by atoms with Crippen molar-refractivity contribution in [1.82, 2.24) is 0 Å². The average molecular weight is 245 g/mol. The van der Waals surface area contributed by atoms with Gasteiger partial charge in [0.25, 0.3) is 0 Å². The van der Waals surface area contributed by atoms with Gasteiger partial charge in [0, 0.05) is 11.6 Å². The van der Waals surface area contributed by atoms with Crippen LogP contribution in [0.4, 0.5) is 4.39 Å². The van der Waals surface area contributed by atoms with E-state index >= 15 is 0 Å². The minimum absolute atomic E-state index is 0.0540. The highest BCUT2D eigenvalue weighted by Gasteiger charge is 2.10. The molecule has 0 fully saturated rings. The van der Waals surface area contributed by atoms with Crippen LogP contribution in [0.1, 0.15) is 24.9 Å². The van der Waals surface area contributed by atoms with Crippen molar-refractivity contribution in [1.29, 1.82) is 0 Å². The van der Waals surface area contributed by atoms with Gasteiger partial charge in [0.05, 0.1) is 0 Å². The van der Waals surface area contributed by atoms with Crippen LogP contribution in [0, 0.1) is 5.82 Å². The molecule has 18 heavy (non-hydrogen) atoms. The van der Waals surface area contributed by atoms with Gasteiger partial charge in [0.15, 0.2) is 0 Å². The van der Waals surface area contributed by atoms with Crippen LogP contribution in [-0.4, -0.2) is 0 Å². The summed E-state index contributed by atoms with van der Waals surface area (Å²) in [6, 6.07) is 13.5. The maximum absolute atomic E-state index is 12.8. The molecule has 0 spiro atoms. The van der Waals surface area contributed by atoms with Gasteiger partial charge in [-0.05, 0) is 36.8 Å². The van der Waals surface area contributed by atoms with Crippen LogP contribution in [0.3, 0.4) is 0 Å². The highest BCUT2D eigenvalue weighted by molar-refractivity contribution is 5.39. The minimum Gasteiger partial charge on any atom is -0.457 e. The second-order valence-corrected chi connectivity index (χ2v) is 4.11. The standard InChI is InChI=1S/C15H16FNO/c1-2-14(17)13-5-3-4-6-15(13)18-12-9-7-11(16)8-10-12/h3-10,14H,2,17H2,1H3/t14-/m1/s1. The van der Waals surface area contributed by atoms with Gasteiger partial charge in [0.2, 0.25) is 0 Å². The topological polar surface area (TPSA) is 35.2 Å². The highest BCUT2D eigenvalue weighted by Crippen LogP contribution is 2.29. The Morgan fingerprint density at radius 2 is 1.78 bits per heavy atom. The van der Waals surface area contributed by atoms with Crippen LogP contribution in [0.2, 0.25) is 0 Å². The van der Waals surface area contributed by atoms with Crippen LogP contribution >= 0.6 is 0 Å². The Hall–Kier alpha value is -1.87. The van der Waals surface area contributed by atoms with Crippen molar-refractivity contribution in [3.63, 3.8) is 0 Å². The molecule has 0 heterocycles. The van der Waals surface area contributed by atoms with Crippen molar-refractivity contribution >= 4 is 0 Å². The van der Waals surface area contributed by atoms with E-state index in [0.717, 1.165) is 17.7 Å². The first kappa shape index (κ1) is 12.6. The SMILES string of the molecule is CC[C@@H](N)c1ccccc1Oc1ccc(F)cc1. The molecule has 0 aliphatic rings. The summed E-state index contributed by atoms with van der Waals surface area (Å²) in [4.78, 5) is 0. The van der Waals surface area contributed by atoms with Crippen molar-refractivity contribution < 1.29 is 9.13 Å². The molecule has 0 saturated heterocycles. The smallest absolute Gasteiger partial charge is 0.132 e. The van der Waals surface area contributed by atoms with Crippen molar-refractivity contribution in [2.24, 2.45) is 5.73 Å². The van der Waals surface area contributed by atoms with Gasteiger partial charge in [0.1, 0.15) is 17.3 Å². The van der Waals surface area contributed by atoms with Crippen LogP contribution in [-0.2, 0) is 0 Å². The van der Waals surface area contributed by atoms with Crippen molar-refractivity contribution in [3.05, 3.63) is 59.9 Å². The van der Waals surface area contributed by atoms with Crippen molar-refractivity contribution in [2.45, 2.75) is 19.4 Å². The molecular formula is C15H16FNO. The zero-order valence-electron chi connectivity index (χ0n) is 10.3. The lowest BCUT2D eigenvalue weighted by Crippen LogP contribution is -2.09. The molecule has 0 saturated carbocycles. The lowest BCUT2D eigenvalue weighted by Gasteiger charge is -2.15. The Morgan fingerprint density at radius 3 is 2.44 bits per heavy atom. The molecule has 0 unspecified atom stereocenters. The quantitative estimate of drug-likeness (QED) is 0.882. The predicted octanol–water partition coefficient (Wildman–Crippen LogP) is 4.03. The lowest BCUT2D eigenvalue weighted by atomic mass is 10.0. The Bertz CT molecular complexity index is 510. The molecule has 2 aromatic rings. The summed E-state index contributed by atoms with van der Waals surface area (Å²) >= 11 is 0. The average Bonchev–Trinajstić information content (AvgIpc) is 2.41. The summed E-state index contributed by atoms with van der Waals surface area (Å²) in [7, 11) is 0. The van der Waals surface area contributed by atoms with E-state index in [0.29, 0.717) is 5.75 Å². The third kappa shape index (κ3) is 2.87. The maximum Gasteiger partial charge on any atom is 0.132 e. The zero-order valence-corrected chi connectivity index (χ0v) is 10.3. The van der Waals surface area contributed by atoms with Crippen LogP contribution in [0.25, 0.3) is 0 Å². The monoisotopic (exact) mass is 245 g/mol. The van der Waals surface area contributed by atoms with E-state index in [-0.39, 0.29) is 11.9 Å². The van der Waals surface area contributed by atoms with Gasteiger partial charge >= 0.3 is 0 Å². The first-order chi connectivity index (χ1) is 8.70. The number of halogens is 1. The van der Waals surface area contributed by atoms with Crippen molar-refractivity contribution in [2.75, 3.05) is 0 Å². The van der Waals surface area contributed by atoms with E-state index in [1.54, 1.807) is 12.1 Å². The number of hydrogen-bond acceptors (Lipinski definition) is 2. The number of benzene rings is 2. The maximum atomic E-state index is 12.8. The molecule has 0 aliphatic carbocycles. The Morgan fingerprint density at radius 1 is 1.11 bits per heavy atom. The molecule has 2 rings (SSSR count). The summed E-state index contributed by atoms with van der Waals surface area (Å²) < 4.78 is 18.6. The van der Waals surface area contributed by atoms with E-state index in [1.165, 1.54) is 12.1 Å². The molecule has 2 N–H and O–H groups in total. The molecule has 0 radical (unpaired) electrons. The zero-order chi connectivity index (χ0) is 13.0. The number of hydrogen-bond donors (Lipinski definition) is 1. The number of nitrogens with two attached hydrogens (primary N) is 1. The number of para-hydroxylation sites is 1. The molecular weight excluding hydrogens is 229 g/mol. The van der Waals surface area contributed by atoms with Crippen LogP contribution in [0.5, 0.6) is 11.5 Å². The molecule has 2 aromatic carbocycles. The molecule has 2 nitrogen and oxygen atoms in total. The van der Waals surface area contributed by atoms with E-state index in [1.807, 2.05) is 31.2 Å². The minimum atomic E-state index is -0.277. The fraction of sp³-hybridized carbons (Fsp3) is 0.200. The summed E-state index contributed by atoms with van der Waals surface area (Å²) in [6.45, 7) is 2.03. The molecule has 3 heteroatoms. The first-order valence-electron chi connectivity index (χ1n) is 5.98. The van der Waals surface area contributed by atoms with Gasteiger partial charge in [-0.1, -0.05) is 25.1 Å². The highest BCUT2D eigenvalue weighted by atomic mass is 19.1. The van der Waals surface area contributed by atoms with Crippen molar-refractivity contribution in [3.8, 4) is 11.5 Å². The summed E-state index contributed by atoms with van der Waals surface area (Å²) in [5, 5.41) is 0. The lowest BCUT2D eigenvalue weighted by molar-refractivity contribution is 0.467. The first-order valence-corrected chi connectivity index (χ1v) is 5.98. The molecule has 0 aromatic heterocycles.